The first-order chi connectivity index (χ1) is 24.2. The summed E-state index contributed by atoms with van der Waals surface area (Å²) in [4.78, 5) is 76.0. The third-order valence-corrected chi connectivity index (χ3v) is 15.1. The Balaban J connectivity index is 1.35. The predicted octanol–water partition coefficient (Wildman–Crippen LogP) is 5.40. The first kappa shape index (κ1) is 40.0. The summed E-state index contributed by atoms with van der Waals surface area (Å²) in [6, 6.07) is -0.674. The molecule has 2 aliphatic heterocycles. The Kier molecular flexibility index (Phi) is 13.2. The van der Waals surface area contributed by atoms with Crippen LogP contribution in [0, 0.1) is 40.4 Å². The van der Waals surface area contributed by atoms with Crippen molar-refractivity contribution in [1.82, 2.24) is 14.7 Å². The van der Waals surface area contributed by atoms with E-state index in [1.165, 1.54) is 14.2 Å². The molecule has 3 saturated carbocycles. The van der Waals surface area contributed by atoms with E-state index in [0.717, 1.165) is 81.5 Å². The lowest BCUT2D eigenvalue weighted by Gasteiger charge is -2.38. The number of nitrogens with zero attached hydrogens (tertiary/aromatic N) is 2. The zero-order chi connectivity index (χ0) is 37.0. The summed E-state index contributed by atoms with van der Waals surface area (Å²) in [5, 5.41) is 2.80. The second kappa shape index (κ2) is 16.9. The van der Waals surface area contributed by atoms with Gasteiger partial charge < -0.3 is 10.2 Å². The van der Waals surface area contributed by atoms with Crippen LogP contribution in [0.3, 0.4) is 0 Å². The summed E-state index contributed by atoms with van der Waals surface area (Å²) >= 11 is 0. The maximum atomic E-state index is 14.6. The van der Waals surface area contributed by atoms with Crippen LogP contribution in [0.15, 0.2) is 0 Å². The van der Waals surface area contributed by atoms with Crippen LogP contribution in [0.4, 0.5) is 0 Å². The van der Waals surface area contributed by atoms with E-state index in [4.69, 9.17) is 4.84 Å². The van der Waals surface area contributed by atoms with E-state index >= 15 is 0 Å². The summed E-state index contributed by atoms with van der Waals surface area (Å²) in [6.45, 7) is 5.20. The Bertz CT molecular complexity index is 1400. The highest BCUT2D eigenvalue weighted by Gasteiger charge is 2.69. The molecule has 0 aromatic heterocycles. The van der Waals surface area contributed by atoms with Gasteiger partial charge in [-0.2, -0.15) is 0 Å². The van der Waals surface area contributed by atoms with Crippen LogP contribution in [0.1, 0.15) is 136 Å². The first-order valence-corrected chi connectivity index (χ1v) is 21.5. The molecule has 5 fully saturated rings. The second-order valence-corrected chi connectivity index (χ2v) is 19.3. The second-order valence-electron chi connectivity index (χ2n) is 17.4. The van der Waals surface area contributed by atoms with Crippen molar-refractivity contribution in [3.8, 4) is 0 Å². The van der Waals surface area contributed by atoms with Crippen molar-refractivity contribution in [3.63, 3.8) is 0 Å². The third kappa shape index (κ3) is 9.88. The van der Waals surface area contributed by atoms with Gasteiger partial charge in [0.15, 0.2) is 5.78 Å². The van der Waals surface area contributed by atoms with E-state index < -0.39 is 45.0 Å². The summed E-state index contributed by atoms with van der Waals surface area (Å²) in [6.07, 6.45) is 13.7. The number of hydrogen-bond acceptors (Lipinski definition) is 8. The standard InChI is InChI=1S/C39H63N3O8S/c1-38(2)31-25-42-34(33(31)38)32(44)22-28(35(45)36(46)40-24-27-17-18-27)15-11-8-6-5-7-9-12-16-29(37(42)47)21-30(43)23-39(19-13-10-14-20-39)26-51(48,49)41(3)50-4/h27-29,31,33-34H,5-26H2,1-4H3,(H,40,46)/t28-,29-,31+,33+,34-/m1/s1. The highest BCUT2D eigenvalue weighted by atomic mass is 32.2. The summed E-state index contributed by atoms with van der Waals surface area (Å²) < 4.78 is 27.1. The van der Waals surface area contributed by atoms with Crippen molar-refractivity contribution in [3.05, 3.63) is 0 Å². The van der Waals surface area contributed by atoms with Crippen LogP contribution in [-0.2, 0) is 38.8 Å². The molecule has 2 saturated heterocycles. The molecule has 5 atom stereocenters. The molecule has 3 aliphatic carbocycles. The number of rotatable bonds is 12. The minimum absolute atomic E-state index is 0.0166. The summed E-state index contributed by atoms with van der Waals surface area (Å²) in [7, 11) is -1.07. The average Bonchev–Trinajstić information content (AvgIpc) is 3.95. The molecular formula is C39H63N3O8S. The Hall–Kier alpha value is -2.18. The highest BCUT2D eigenvalue weighted by molar-refractivity contribution is 7.88. The predicted molar refractivity (Wildman–Crippen MR) is 193 cm³/mol. The molecule has 0 bridgehead atoms. The summed E-state index contributed by atoms with van der Waals surface area (Å²) in [5.41, 5.74) is -0.814. The van der Waals surface area contributed by atoms with Gasteiger partial charge in [-0.15, -0.1) is 0 Å². The number of hydrogen-bond donors (Lipinski definition) is 1. The van der Waals surface area contributed by atoms with Gasteiger partial charge in [0.05, 0.1) is 18.9 Å². The topological polar surface area (TPSA) is 147 Å². The zero-order valence-electron chi connectivity index (χ0n) is 31.6. The minimum atomic E-state index is -3.75. The van der Waals surface area contributed by atoms with Gasteiger partial charge in [-0.1, -0.05) is 82.5 Å². The molecule has 2 heterocycles. The zero-order valence-corrected chi connectivity index (χ0v) is 32.4. The molecule has 0 radical (unpaired) electrons. The maximum Gasteiger partial charge on any atom is 0.287 e. The molecule has 0 aromatic rings. The quantitative estimate of drug-likeness (QED) is 0.207. The Labute approximate surface area is 305 Å². The van der Waals surface area contributed by atoms with Gasteiger partial charge in [-0.25, -0.2) is 8.42 Å². The molecule has 0 spiro atoms. The van der Waals surface area contributed by atoms with E-state index in [1.807, 2.05) is 0 Å². The van der Waals surface area contributed by atoms with Gasteiger partial charge in [0.2, 0.25) is 21.7 Å². The van der Waals surface area contributed by atoms with Crippen LogP contribution in [0.25, 0.3) is 0 Å². The van der Waals surface area contributed by atoms with E-state index in [0.29, 0.717) is 44.7 Å². The van der Waals surface area contributed by atoms with Crippen LogP contribution in [0.2, 0.25) is 0 Å². The number of fused-ring (bicyclic) bond motifs is 3. The smallest absolute Gasteiger partial charge is 0.287 e. The molecule has 12 heteroatoms. The number of Topliss-reactive ketones (excluding diaryl/α,β-unsaturated/α-hetero) is 3. The SMILES string of the molecule is CON(C)S(=O)(=O)CC1(CC(=O)C[C@H]2CCCCCCCCC[C@@H](C(=O)C(=O)NCC3CC3)CC(=O)[C@@H]3[C@@H]4[C@H](CN3C2=O)C4(C)C)CCCCC1. The molecule has 0 aromatic carbocycles. The van der Waals surface area contributed by atoms with E-state index in [-0.39, 0.29) is 59.7 Å². The van der Waals surface area contributed by atoms with Gasteiger partial charge in [0, 0.05) is 51.2 Å². The molecular weight excluding hydrogens is 671 g/mol. The fourth-order valence-electron chi connectivity index (χ4n) is 9.65. The highest BCUT2D eigenvalue weighted by Crippen LogP contribution is 2.65. The number of carbonyl (C=O) groups excluding carboxylic acids is 5. The van der Waals surface area contributed by atoms with E-state index in [9.17, 15) is 32.4 Å². The van der Waals surface area contributed by atoms with Gasteiger partial charge in [0.25, 0.3) is 5.91 Å². The molecule has 2 amide bonds. The fraction of sp³-hybridized carbons (Fsp3) is 0.872. The number of amides is 2. The third-order valence-electron chi connectivity index (χ3n) is 13.2. The van der Waals surface area contributed by atoms with Gasteiger partial charge in [-0.05, 0) is 67.1 Å². The largest absolute Gasteiger partial charge is 0.349 e. The molecule has 5 aliphatic rings. The normalized spacial score (nSPS) is 30.4. The van der Waals surface area contributed by atoms with Crippen molar-refractivity contribution in [1.29, 1.82) is 0 Å². The Morgan fingerprint density at radius 2 is 1.51 bits per heavy atom. The van der Waals surface area contributed by atoms with Crippen LogP contribution < -0.4 is 5.32 Å². The van der Waals surface area contributed by atoms with E-state index in [1.54, 1.807) is 4.90 Å². The minimum Gasteiger partial charge on any atom is -0.349 e. The maximum absolute atomic E-state index is 14.6. The van der Waals surface area contributed by atoms with Gasteiger partial charge >= 0.3 is 0 Å². The molecule has 288 valence electrons. The lowest BCUT2D eigenvalue weighted by Crippen LogP contribution is -2.49. The molecule has 51 heavy (non-hydrogen) atoms. The molecule has 0 unspecified atom stereocenters. The number of piperidine rings is 1. The van der Waals surface area contributed by atoms with Crippen LogP contribution in [0.5, 0.6) is 0 Å². The monoisotopic (exact) mass is 733 g/mol. The van der Waals surface area contributed by atoms with Crippen molar-refractivity contribution in [2.75, 3.05) is 33.0 Å². The van der Waals surface area contributed by atoms with Crippen LogP contribution in [-0.4, -0.2) is 86.0 Å². The Morgan fingerprint density at radius 3 is 2.14 bits per heavy atom. The van der Waals surface area contributed by atoms with Gasteiger partial charge in [-0.3, -0.25) is 28.8 Å². The van der Waals surface area contributed by atoms with Gasteiger partial charge in [0.1, 0.15) is 5.78 Å². The number of carbonyl (C=O) groups is 5. The van der Waals surface area contributed by atoms with Crippen molar-refractivity contribution < 1.29 is 37.2 Å². The molecule has 11 nitrogen and oxygen atoms in total. The van der Waals surface area contributed by atoms with Crippen molar-refractivity contribution in [2.45, 2.75) is 142 Å². The average molecular weight is 734 g/mol. The number of ketones is 3. The van der Waals surface area contributed by atoms with Crippen LogP contribution >= 0.6 is 0 Å². The summed E-state index contributed by atoms with van der Waals surface area (Å²) in [5.74, 6) is -2.44. The lowest BCUT2D eigenvalue weighted by molar-refractivity contribution is -0.146. The molecule has 1 N–H and O–H groups in total. The number of hydroxylamine groups is 1. The lowest BCUT2D eigenvalue weighted by atomic mass is 9.71. The number of sulfonamides is 1. The van der Waals surface area contributed by atoms with Crippen molar-refractivity contribution >= 4 is 39.2 Å². The fourth-order valence-corrected chi connectivity index (χ4v) is 11.2. The van der Waals surface area contributed by atoms with Crippen molar-refractivity contribution in [2.24, 2.45) is 40.4 Å². The number of nitrogens with one attached hydrogen (secondary N) is 1. The molecule has 5 rings (SSSR count). The Morgan fingerprint density at radius 1 is 0.902 bits per heavy atom. The van der Waals surface area contributed by atoms with E-state index in [2.05, 4.69) is 19.2 Å². The first-order valence-electron chi connectivity index (χ1n) is 19.9.